The molecule has 7 aromatic carbocycles. The molecule has 200 valence electrons. The van der Waals surface area contributed by atoms with E-state index in [2.05, 4.69) is 78.9 Å². The van der Waals surface area contributed by atoms with E-state index < -0.39 is 0 Å². The fraction of sp³-hybridized carbons (Fsp3) is 0. The van der Waals surface area contributed by atoms with Gasteiger partial charge in [0.15, 0.2) is 0 Å². The summed E-state index contributed by atoms with van der Waals surface area (Å²) >= 11 is 0.253. The van der Waals surface area contributed by atoms with E-state index in [9.17, 15) is 0 Å². The second-order valence-corrected chi connectivity index (χ2v) is 13.0. The van der Waals surface area contributed by atoms with Gasteiger partial charge in [-0.05, 0) is 0 Å². The molecule has 0 amide bonds. The molecule has 0 aliphatic rings. The molecule has 0 N–H and O–H groups in total. The van der Waals surface area contributed by atoms with Gasteiger partial charge in [0.2, 0.25) is 0 Å². The summed E-state index contributed by atoms with van der Waals surface area (Å²) in [7, 11) is 0. The van der Waals surface area contributed by atoms with E-state index in [-0.39, 0.29) is 14.5 Å². The second kappa shape index (κ2) is 9.71. The van der Waals surface area contributed by atoms with Crippen molar-refractivity contribution in [2.24, 2.45) is 0 Å². The van der Waals surface area contributed by atoms with Gasteiger partial charge in [-0.1, -0.05) is 12.1 Å². The predicted molar refractivity (Wildman–Crippen MR) is 181 cm³/mol. The molecular weight excluding hydrogens is 589 g/mol. The average molecular weight is 613 g/mol. The molecule has 0 saturated heterocycles. The first-order valence-electron chi connectivity index (χ1n) is 14.4. The van der Waals surface area contributed by atoms with Crippen molar-refractivity contribution in [3.05, 3.63) is 140 Å². The Morgan fingerprint density at radius 1 is 0.349 bits per heavy atom. The van der Waals surface area contributed by atoms with Crippen LogP contribution in [0.2, 0.25) is 0 Å². The van der Waals surface area contributed by atoms with Crippen LogP contribution >= 0.6 is 0 Å². The van der Waals surface area contributed by atoms with Gasteiger partial charge in [-0.15, -0.1) is 0 Å². The molecular formula is C39H23N3Se. The van der Waals surface area contributed by atoms with Crippen molar-refractivity contribution in [1.82, 2.24) is 15.0 Å². The number of aromatic nitrogens is 3. The fourth-order valence-corrected chi connectivity index (χ4v) is 8.95. The molecule has 0 unspecified atom stereocenters. The van der Waals surface area contributed by atoms with Gasteiger partial charge in [0.05, 0.1) is 0 Å². The summed E-state index contributed by atoms with van der Waals surface area (Å²) in [5.74, 6) is 2.02. The van der Waals surface area contributed by atoms with Crippen molar-refractivity contribution in [3.8, 4) is 34.2 Å². The van der Waals surface area contributed by atoms with Gasteiger partial charge in [0.25, 0.3) is 0 Å². The summed E-state index contributed by atoms with van der Waals surface area (Å²) < 4.78 is 2.94. The number of rotatable bonds is 3. The Labute approximate surface area is 253 Å². The zero-order chi connectivity index (χ0) is 28.3. The van der Waals surface area contributed by atoms with Crippen LogP contribution in [0, 0.1) is 0 Å². The van der Waals surface area contributed by atoms with E-state index in [0.29, 0.717) is 17.5 Å². The Kier molecular flexibility index (Phi) is 5.52. The molecule has 4 heteroatoms. The van der Waals surface area contributed by atoms with Gasteiger partial charge in [-0.25, -0.2) is 0 Å². The van der Waals surface area contributed by atoms with Crippen LogP contribution in [0.3, 0.4) is 0 Å². The Hall–Kier alpha value is -5.15. The standard InChI is InChI=1S/C39H23N3Se/c1-3-11-24(12-4-1)37-40-38(25-13-5-2-6-14-25)42-39(41-37)26-19-20-31-33(23-26)28-16-8-7-15-27(28)30-21-22-32-29-17-9-10-18-34(29)43-36(32)35(30)31/h1-23H. The summed E-state index contributed by atoms with van der Waals surface area (Å²) in [6.07, 6.45) is 0. The molecule has 2 aromatic heterocycles. The molecule has 0 saturated carbocycles. The Morgan fingerprint density at radius 2 is 0.837 bits per heavy atom. The van der Waals surface area contributed by atoms with Gasteiger partial charge in [0, 0.05) is 0 Å². The molecule has 0 radical (unpaired) electrons. The van der Waals surface area contributed by atoms with E-state index in [1.54, 1.807) is 0 Å². The molecule has 0 spiro atoms. The second-order valence-electron chi connectivity index (χ2n) is 10.8. The monoisotopic (exact) mass is 613 g/mol. The zero-order valence-corrected chi connectivity index (χ0v) is 24.7. The average Bonchev–Trinajstić information content (AvgIpc) is 3.47. The van der Waals surface area contributed by atoms with Crippen LogP contribution in [0.1, 0.15) is 0 Å². The first-order chi connectivity index (χ1) is 21.3. The number of hydrogen-bond donors (Lipinski definition) is 0. The quantitative estimate of drug-likeness (QED) is 0.147. The number of hydrogen-bond acceptors (Lipinski definition) is 3. The first-order valence-corrected chi connectivity index (χ1v) is 16.1. The van der Waals surface area contributed by atoms with E-state index in [1.807, 2.05) is 60.7 Å². The third kappa shape index (κ3) is 3.92. The summed E-state index contributed by atoms with van der Waals surface area (Å²) in [4.78, 5) is 14.9. The topological polar surface area (TPSA) is 38.7 Å². The van der Waals surface area contributed by atoms with Crippen molar-refractivity contribution >= 4 is 66.1 Å². The maximum atomic E-state index is 5.01. The fourth-order valence-electron chi connectivity index (χ4n) is 6.30. The van der Waals surface area contributed by atoms with E-state index in [0.717, 1.165) is 16.7 Å². The van der Waals surface area contributed by atoms with E-state index in [4.69, 9.17) is 15.0 Å². The molecule has 0 fully saturated rings. The zero-order valence-electron chi connectivity index (χ0n) is 23.0. The van der Waals surface area contributed by atoms with Crippen molar-refractivity contribution < 1.29 is 0 Å². The minimum absolute atomic E-state index is 0.253. The van der Waals surface area contributed by atoms with Crippen LogP contribution in [0.4, 0.5) is 0 Å². The van der Waals surface area contributed by atoms with E-state index in [1.165, 1.54) is 51.6 Å². The van der Waals surface area contributed by atoms with Crippen LogP contribution in [0.25, 0.3) is 85.8 Å². The third-order valence-corrected chi connectivity index (χ3v) is 10.8. The van der Waals surface area contributed by atoms with Gasteiger partial charge in [-0.2, -0.15) is 0 Å². The van der Waals surface area contributed by atoms with Crippen molar-refractivity contribution in [3.63, 3.8) is 0 Å². The Balaban J connectivity index is 1.35. The predicted octanol–water partition coefficient (Wildman–Crippen LogP) is 9.70. The summed E-state index contributed by atoms with van der Waals surface area (Å²) in [5, 5.41) is 10.5. The van der Waals surface area contributed by atoms with E-state index >= 15 is 0 Å². The summed E-state index contributed by atoms with van der Waals surface area (Å²) in [6.45, 7) is 0. The third-order valence-electron chi connectivity index (χ3n) is 8.30. The molecule has 0 atom stereocenters. The normalized spacial score (nSPS) is 11.7. The summed E-state index contributed by atoms with van der Waals surface area (Å²) in [5.41, 5.74) is 2.92. The van der Waals surface area contributed by atoms with Crippen LogP contribution in [-0.2, 0) is 0 Å². The molecule has 9 aromatic rings. The number of benzene rings is 7. The summed E-state index contributed by atoms with van der Waals surface area (Å²) in [6, 6.07) is 49.4. The molecule has 0 bridgehead atoms. The van der Waals surface area contributed by atoms with Crippen LogP contribution in [-0.4, -0.2) is 29.5 Å². The maximum absolute atomic E-state index is 5.01. The molecule has 0 aliphatic carbocycles. The SMILES string of the molecule is c1ccc(-c2nc(-c3ccccc3)nc(-c3ccc4c(c3)c3ccccc3c3ccc5c6ccccc6[se]c5c34)n2)cc1. The minimum atomic E-state index is 0.253. The van der Waals surface area contributed by atoms with Crippen molar-refractivity contribution in [2.45, 2.75) is 0 Å². The molecule has 3 nitrogen and oxygen atoms in total. The van der Waals surface area contributed by atoms with Crippen molar-refractivity contribution in [2.75, 3.05) is 0 Å². The first kappa shape index (κ1) is 24.4. The van der Waals surface area contributed by atoms with Crippen LogP contribution in [0.5, 0.6) is 0 Å². The van der Waals surface area contributed by atoms with Gasteiger partial charge in [0.1, 0.15) is 0 Å². The molecule has 2 heterocycles. The number of fused-ring (bicyclic) bond motifs is 10. The van der Waals surface area contributed by atoms with Crippen LogP contribution < -0.4 is 0 Å². The van der Waals surface area contributed by atoms with Gasteiger partial charge in [-0.3, -0.25) is 0 Å². The van der Waals surface area contributed by atoms with Gasteiger partial charge < -0.3 is 0 Å². The molecule has 0 aliphatic heterocycles. The van der Waals surface area contributed by atoms with Gasteiger partial charge >= 0.3 is 243 Å². The van der Waals surface area contributed by atoms with Crippen LogP contribution in [0.15, 0.2) is 140 Å². The Morgan fingerprint density at radius 3 is 1.51 bits per heavy atom. The molecule has 9 rings (SSSR count). The van der Waals surface area contributed by atoms with Crippen molar-refractivity contribution in [1.29, 1.82) is 0 Å². The Bertz CT molecular complexity index is 2440. The molecule has 43 heavy (non-hydrogen) atoms. The number of nitrogens with zero attached hydrogens (tertiary/aromatic N) is 3.